The molecule has 0 N–H and O–H groups in total. The molecule has 2 aromatic carbocycles. The molecule has 4 heterocycles. The van der Waals surface area contributed by atoms with E-state index in [4.69, 9.17) is 11.6 Å². The first kappa shape index (κ1) is 22.5. The summed E-state index contributed by atoms with van der Waals surface area (Å²) in [5.74, 6) is -3.30. The van der Waals surface area contributed by atoms with Crippen LogP contribution in [0.5, 0.6) is 0 Å². The second kappa shape index (κ2) is 7.30. The van der Waals surface area contributed by atoms with Gasteiger partial charge in [0.2, 0.25) is 11.8 Å². The number of benzene rings is 2. The minimum Gasteiger partial charge on any atom is -0.310 e. The van der Waals surface area contributed by atoms with Crippen molar-refractivity contribution >= 4 is 40.7 Å². The number of halogens is 4. The quantitative estimate of drug-likeness (QED) is 0.576. The summed E-state index contributed by atoms with van der Waals surface area (Å²) >= 11 is 5.77. The molecule has 35 heavy (non-hydrogen) atoms. The van der Waals surface area contributed by atoms with E-state index < -0.39 is 46.0 Å². The highest BCUT2D eigenvalue weighted by molar-refractivity contribution is 6.32. The first-order valence-electron chi connectivity index (χ1n) is 11.6. The van der Waals surface area contributed by atoms with E-state index in [0.29, 0.717) is 30.8 Å². The third kappa shape index (κ3) is 2.68. The van der Waals surface area contributed by atoms with Crippen LogP contribution in [0.4, 0.5) is 24.5 Å². The smallest absolute Gasteiger partial charge is 0.310 e. The summed E-state index contributed by atoms with van der Waals surface area (Å²) in [5.41, 5.74) is -1.26. The molecule has 4 atom stereocenters. The normalized spacial score (nSPS) is 30.0. The first-order valence-corrected chi connectivity index (χ1v) is 11.9. The Balaban J connectivity index is 1.53. The van der Waals surface area contributed by atoms with Gasteiger partial charge in [0, 0.05) is 23.8 Å². The van der Waals surface area contributed by atoms with Gasteiger partial charge in [-0.2, -0.15) is 13.2 Å². The molecule has 3 amide bonds. The van der Waals surface area contributed by atoms with Gasteiger partial charge in [0.1, 0.15) is 5.54 Å². The van der Waals surface area contributed by atoms with Crippen molar-refractivity contribution in [2.24, 2.45) is 11.8 Å². The fourth-order valence-corrected chi connectivity index (χ4v) is 7.00. The number of carbonyl (C=O) groups is 3. The van der Waals surface area contributed by atoms with E-state index in [1.54, 1.807) is 11.0 Å². The lowest BCUT2D eigenvalue weighted by atomic mass is 9.75. The molecule has 2 aromatic rings. The first-order chi connectivity index (χ1) is 16.6. The summed E-state index contributed by atoms with van der Waals surface area (Å²) in [6, 6.07) is 9.96. The van der Waals surface area contributed by atoms with Crippen LogP contribution >= 0.6 is 11.6 Å². The number of imide groups is 1. The highest BCUT2D eigenvalue weighted by Gasteiger charge is 2.75. The molecule has 4 aliphatic rings. The van der Waals surface area contributed by atoms with Crippen molar-refractivity contribution in [3.63, 3.8) is 0 Å². The Labute approximate surface area is 204 Å². The van der Waals surface area contributed by atoms with Gasteiger partial charge in [0.25, 0.3) is 5.91 Å². The number of amides is 3. The number of hydrogen-bond donors (Lipinski definition) is 0. The van der Waals surface area contributed by atoms with Crippen molar-refractivity contribution in [2.75, 3.05) is 22.9 Å². The van der Waals surface area contributed by atoms with Gasteiger partial charge in [-0.3, -0.25) is 19.3 Å². The summed E-state index contributed by atoms with van der Waals surface area (Å²) in [6.45, 7) is 2.81. The molecule has 0 unspecified atom stereocenters. The number of alkyl halides is 3. The number of carbonyl (C=O) groups excluding carboxylic acids is 3. The standard InChI is InChI=1S/C25H21ClF3N3O3/c1-2-30-17-7-4-3-6-14(17)24(23(30)35)20-19(18-8-5-11-31(18)24)21(33)32(22(20)34)13-9-10-16(26)15(12-13)25(27,28)29/h3-4,6-7,9-10,12,18-20H,2,5,8,11H2,1H3/t18-,19+,20-,24-/m0/s1. The Kier molecular flexibility index (Phi) is 4.70. The van der Waals surface area contributed by atoms with Gasteiger partial charge in [-0.25, -0.2) is 4.90 Å². The predicted octanol–water partition coefficient (Wildman–Crippen LogP) is 4.20. The SMILES string of the molecule is CCN1C(=O)[C@]2(c3ccccc31)[C@@H]1C(=O)N(c3ccc(Cl)c(C(F)(F)F)c3)C(=O)[C@@H]1[C@@H]1CCCN12. The molecule has 0 saturated carbocycles. The number of fused-ring (bicyclic) bond motifs is 7. The highest BCUT2D eigenvalue weighted by Crippen LogP contribution is 2.61. The van der Waals surface area contributed by atoms with Gasteiger partial charge < -0.3 is 4.90 Å². The zero-order chi connectivity index (χ0) is 24.9. The fraction of sp³-hybridized carbons (Fsp3) is 0.400. The monoisotopic (exact) mass is 503 g/mol. The largest absolute Gasteiger partial charge is 0.417 e. The van der Waals surface area contributed by atoms with E-state index in [1.807, 2.05) is 30.0 Å². The maximum absolute atomic E-state index is 14.1. The van der Waals surface area contributed by atoms with Gasteiger partial charge in [-0.1, -0.05) is 29.8 Å². The molecule has 0 bridgehead atoms. The molecule has 0 aromatic heterocycles. The minimum absolute atomic E-state index is 0.183. The van der Waals surface area contributed by atoms with Gasteiger partial charge in [-0.15, -0.1) is 0 Å². The summed E-state index contributed by atoms with van der Waals surface area (Å²) < 4.78 is 40.6. The molecular formula is C25H21ClF3N3O3. The van der Waals surface area contributed by atoms with Crippen molar-refractivity contribution in [2.45, 2.75) is 37.5 Å². The van der Waals surface area contributed by atoms with Crippen LogP contribution in [-0.4, -0.2) is 41.8 Å². The van der Waals surface area contributed by atoms with Gasteiger partial charge >= 0.3 is 6.18 Å². The maximum Gasteiger partial charge on any atom is 0.417 e. The van der Waals surface area contributed by atoms with Crippen LogP contribution in [0.3, 0.4) is 0 Å². The van der Waals surface area contributed by atoms with Crippen molar-refractivity contribution in [3.8, 4) is 0 Å². The van der Waals surface area contributed by atoms with Crippen LogP contribution in [0.2, 0.25) is 5.02 Å². The third-order valence-corrected chi connectivity index (χ3v) is 8.30. The van der Waals surface area contributed by atoms with E-state index >= 15 is 0 Å². The van der Waals surface area contributed by atoms with Crippen molar-refractivity contribution < 1.29 is 27.6 Å². The second-order valence-corrected chi connectivity index (χ2v) is 9.82. The van der Waals surface area contributed by atoms with Crippen LogP contribution in [0.1, 0.15) is 30.9 Å². The predicted molar refractivity (Wildman–Crippen MR) is 122 cm³/mol. The summed E-state index contributed by atoms with van der Waals surface area (Å²) in [5, 5.41) is -0.516. The average molecular weight is 504 g/mol. The van der Waals surface area contributed by atoms with E-state index in [2.05, 4.69) is 0 Å². The van der Waals surface area contributed by atoms with Crippen molar-refractivity contribution in [3.05, 3.63) is 58.6 Å². The highest BCUT2D eigenvalue weighted by atomic mass is 35.5. The van der Waals surface area contributed by atoms with Crippen LogP contribution < -0.4 is 9.80 Å². The van der Waals surface area contributed by atoms with E-state index in [0.717, 1.165) is 23.5 Å². The number of nitrogens with zero attached hydrogens (tertiary/aromatic N) is 3. The zero-order valence-corrected chi connectivity index (χ0v) is 19.4. The Hall–Kier alpha value is -2.91. The Morgan fingerprint density at radius 3 is 2.54 bits per heavy atom. The molecule has 3 fully saturated rings. The molecule has 1 spiro atoms. The van der Waals surface area contributed by atoms with E-state index in [-0.39, 0.29) is 17.6 Å². The Morgan fingerprint density at radius 2 is 1.83 bits per heavy atom. The van der Waals surface area contributed by atoms with Crippen LogP contribution in [0.15, 0.2) is 42.5 Å². The Morgan fingerprint density at radius 1 is 1.09 bits per heavy atom. The van der Waals surface area contributed by atoms with Gasteiger partial charge in [0.15, 0.2) is 0 Å². The van der Waals surface area contributed by atoms with Crippen LogP contribution in [0.25, 0.3) is 0 Å². The third-order valence-electron chi connectivity index (χ3n) is 7.97. The number of likely N-dealkylation sites (N-methyl/N-ethyl adjacent to an activating group) is 1. The molecular weight excluding hydrogens is 483 g/mol. The lowest BCUT2D eigenvalue weighted by Gasteiger charge is -2.37. The summed E-state index contributed by atoms with van der Waals surface area (Å²) in [4.78, 5) is 46.3. The molecule has 4 aliphatic heterocycles. The molecule has 10 heteroatoms. The van der Waals surface area contributed by atoms with Crippen molar-refractivity contribution in [1.82, 2.24) is 4.90 Å². The molecule has 3 saturated heterocycles. The van der Waals surface area contributed by atoms with Crippen LogP contribution in [-0.2, 0) is 26.1 Å². The second-order valence-electron chi connectivity index (χ2n) is 9.41. The summed E-state index contributed by atoms with van der Waals surface area (Å²) in [6.07, 6.45) is -3.36. The van der Waals surface area contributed by atoms with E-state index in [9.17, 15) is 27.6 Å². The minimum atomic E-state index is -4.75. The Bertz CT molecular complexity index is 1300. The zero-order valence-electron chi connectivity index (χ0n) is 18.7. The summed E-state index contributed by atoms with van der Waals surface area (Å²) in [7, 11) is 0. The lowest BCUT2D eigenvalue weighted by Crippen LogP contribution is -2.56. The van der Waals surface area contributed by atoms with E-state index in [1.165, 1.54) is 6.07 Å². The van der Waals surface area contributed by atoms with Gasteiger partial charge in [-0.05, 0) is 50.6 Å². The van der Waals surface area contributed by atoms with Gasteiger partial charge in [0.05, 0.1) is 28.1 Å². The molecule has 0 aliphatic carbocycles. The number of para-hydroxylation sites is 1. The molecule has 6 nitrogen and oxygen atoms in total. The lowest BCUT2D eigenvalue weighted by molar-refractivity contribution is -0.137. The topological polar surface area (TPSA) is 60.9 Å². The number of anilines is 2. The fourth-order valence-electron chi connectivity index (χ4n) is 6.78. The number of hydrogen-bond acceptors (Lipinski definition) is 4. The maximum atomic E-state index is 14.1. The van der Waals surface area contributed by atoms with Crippen LogP contribution in [0, 0.1) is 11.8 Å². The van der Waals surface area contributed by atoms with Crippen molar-refractivity contribution in [1.29, 1.82) is 0 Å². The molecule has 6 rings (SSSR count). The molecule has 182 valence electrons. The molecule has 0 radical (unpaired) electrons. The number of rotatable bonds is 2. The average Bonchev–Trinajstić information content (AvgIpc) is 3.51.